The van der Waals surface area contributed by atoms with Crippen LogP contribution in [0.25, 0.3) is 11.1 Å². The van der Waals surface area contributed by atoms with E-state index in [0.29, 0.717) is 16.9 Å². The Bertz CT molecular complexity index is 1290. The van der Waals surface area contributed by atoms with Gasteiger partial charge in [-0.25, -0.2) is 9.59 Å². The molecule has 0 unspecified atom stereocenters. The molecule has 186 valence electrons. The fraction of sp³-hybridized carbons (Fsp3) is 0.250. The van der Waals surface area contributed by atoms with Crippen molar-refractivity contribution >= 4 is 18.0 Å². The molecule has 8 heteroatoms. The molecule has 1 fully saturated rings. The first-order valence-electron chi connectivity index (χ1n) is 11.5. The Morgan fingerprint density at radius 1 is 0.972 bits per heavy atom. The number of carbonyl (C=O) groups is 3. The van der Waals surface area contributed by atoms with E-state index in [1.165, 1.54) is 0 Å². The number of aliphatic carboxylic acids is 2. The predicted molar refractivity (Wildman–Crippen MR) is 132 cm³/mol. The van der Waals surface area contributed by atoms with Crippen LogP contribution in [-0.2, 0) is 27.3 Å². The number of rotatable bonds is 9. The van der Waals surface area contributed by atoms with E-state index in [9.17, 15) is 19.5 Å². The monoisotopic (exact) mass is 489 g/mol. The number of amides is 1. The quantitative estimate of drug-likeness (QED) is 0.442. The van der Waals surface area contributed by atoms with Crippen LogP contribution in [0.2, 0.25) is 0 Å². The van der Waals surface area contributed by atoms with Crippen LogP contribution >= 0.6 is 0 Å². The number of ether oxygens (including phenoxy) is 2. The zero-order chi connectivity index (χ0) is 25.8. The minimum atomic E-state index is -1.12. The molecule has 0 spiro atoms. The molecule has 1 amide bonds. The van der Waals surface area contributed by atoms with Crippen LogP contribution in [0.4, 0.5) is 4.79 Å². The average Bonchev–Trinajstić information content (AvgIpc) is 3.12. The topological polar surface area (TPSA) is 113 Å². The van der Waals surface area contributed by atoms with Gasteiger partial charge in [-0.05, 0) is 48.2 Å². The maximum Gasteiger partial charge on any atom is 0.411 e. The number of hydrogen-bond donors (Lipinski definition) is 2. The van der Waals surface area contributed by atoms with Crippen LogP contribution in [0, 0.1) is 6.92 Å². The minimum absolute atomic E-state index is 0.193. The zero-order valence-electron chi connectivity index (χ0n) is 20.0. The SMILES string of the molecule is Cc1ccc(-c2cc(CC(=O)O)ccc2OCC(=O)O)c(CN2C(=O)O[C@H](c3ccccc3)[C@@H]2C)c1. The molecule has 2 N–H and O–H groups in total. The lowest BCUT2D eigenvalue weighted by atomic mass is 9.94. The minimum Gasteiger partial charge on any atom is -0.481 e. The highest BCUT2D eigenvalue weighted by Gasteiger charge is 2.39. The summed E-state index contributed by atoms with van der Waals surface area (Å²) in [5, 5.41) is 18.4. The third-order valence-electron chi connectivity index (χ3n) is 6.16. The number of carboxylic acids is 2. The second-order valence-electron chi connectivity index (χ2n) is 8.83. The molecule has 1 heterocycles. The van der Waals surface area contributed by atoms with Crippen molar-refractivity contribution in [3.63, 3.8) is 0 Å². The summed E-state index contributed by atoms with van der Waals surface area (Å²) in [5.41, 5.74) is 4.52. The summed E-state index contributed by atoms with van der Waals surface area (Å²) >= 11 is 0. The van der Waals surface area contributed by atoms with Crippen molar-refractivity contribution in [1.82, 2.24) is 4.90 Å². The Labute approximate surface area is 208 Å². The largest absolute Gasteiger partial charge is 0.481 e. The highest BCUT2D eigenvalue weighted by Crippen LogP contribution is 2.38. The van der Waals surface area contributed by atoms with Gasteiger partial charge in [-0.1, -0.05) is 60.2 Å². The standard InChI is InChI=1S/C28H27NO7/c1-17-8-10-22(23-13-19(14-25(30)31)9-11-24(23)35-16-26(32)33)21(12-17)15-29-18(2)27(36-28(29)34)20-6-4-3-5-7-20/h3-13,18,27H,14-16H2,1-2H3,(H,30,31)(H,32,33)/t18-,27-/m0/s1. The Kier molecular flexibility index (Phi) is 7.24. The summed E-state index contributed by atoms with van der Waals surface area (Å²) in [7, 11) is 0. The first kappa shape index (κ1) is 24.8. The van der Waals surface area contributed by atoms with Gasteiger partial charge in [0, 0.05) is 5.56 Å². The molecular formula is C28H27NO7. The lowest BCUT2D eigenvalue weighted by Crippen LogP contribution is -2.31. The molecule has 2 atom stereocenters. The van der Waals surface area contributed by atoms with E-state index in [2.05, 4.69) is 0 Å². The molecule has 8 nitrogen and oxygen atoms in total. The van der Waals surface area contributed by atoms with Gasteiger partial charge in [0.2, 0.25) is 0 Å². The van der Waals surface area contributed by atoms with E-state index in [4.69, 9.17) is 14.6 Å². The van der Waals surface area contributed by atoms with E-state index < -0.39 is 30.7 Å². The Balaban J connectivity index is 1.72. The van der Waals surface area contributed by atoms with Gasteiger partial charge in [0.25, 0.3) is 0 Å². The number of cyclic esters (lactones) is 1. The van der Waals surface area contributed by atoms with Crippen LogP contribution < -0.4 is 4.74 Å². The smallest absolute Gasteiger partial charge is 0.411 e. The molecular weight excluding hydrogens is 462 g/mol. The van der Waals surface area contributed by atoms with Gasteiger partial charge in [-0.3, -0.25) is 9.69 Å². The van der Waals surface area contributed by atoms with E-state index in [0.717, 1.165) is 22.3 Å². The van der Waals surface area contributed by atoms with E-state index >= 15 is 0 Å². The molecule has 0 radical (unpaired) electrons. The van der Waals surface area contributed by atoms with Gasteiger partial charge in [0.05, 0.1) is 19.0 Å². The Hall–Kier alpha value is -4.33. The molecule has 3 aromatic rings. The molecule has 36 heavy (non-hydrogen) atoms. The molecule has 1 aliphatic heterocycles. The van der Waals surface area contributed by atoms with Gasteiger partial charge < -0.3 is 19.7 Å². The van der Waals surface area contributed by atoms with E-state index in [1.54, 1.807) is 23.1 Å². The van der Waals surface area contributed by atoms with Crippen LogP contribution in [-0.4, -0.2) is 45.8 Å². The first-order chi connectivity index (χ1) is 17.2. The van der Waals surface area contributed by atoms with Crippen molar-refractivity contribution < 1.29 is 34.1 Å². The summed E-state index contributed by atoms with van der Waals surface area (Å²) in [4.78, 5) is 37.0. The molecule has 1 aliphatic rings. The fourth-order valence-electron chi connectivity index (χ4n) is 4.44. The summed E-state index contributed by atoms with van der Waals surface area (Å²) in [6, 6.07) is 19.9. The number of hydrogen-bond acceptors (Lipinski definition) is 5. The lowest BCUT2D eigenvalue weighted by molar-refractivity contribution is -0.139. The van der Waals surface area contributed by atoms with Gasteiger partial charge in [0.1, 0.15) is 11.9 Å². The second kappa shape index (κ2) is 10.5. The van der Waals surface area contributed by atoms with Crippen molar-refractivity contribution in [2.45, 2.75) is 39.0 Å². The highest BCUT2D eigenvalue weighted by molar-refractivity contribution is 5.78. The lowest BCUT2D eigenvalue weighted by Gasteiger charge is -2.23. The highest BCUT2D eigenvalue weighted by atomic mass is 16.6. The zero-order valence-corrected chi connectivity index (χ0v) is 20.0. The van der Waals surface area contributed by atoms with Gasteiger partial charge in [0.15, 0.2) is 6.61 Å². The molecule has 0 aliphatic carbocycles. The molecule has 0 bridgehead atoms. The first-order valence-corrected chi connectivity index (χ1v) is 11.5. The van der Waals surface area contributed by atoms with Gasteiger partial charge in [-0.15, -0.1) is 0 Å². The van der Waals surface area contributed by atoms with Crippen LogP contribution in [0.1, 0.15) is 35.3 Å². The van der Waals surface area contributed by atoms with Crippen molar-refractivity contribution in [2.75, 3.05) is 6.61 Å². The number of aryl methyl sites for hydroxylation is 1. The number of benzene rings is 3. The number of carbonyl (C=O) groups excluding carboxylic acids is 1. The summed E-state index contributed by atoms with van der Waals surface area (Å²) in [6.07, 6.45) is -1.02. The fourth-order valence-corrected chi connectivity index (χ4v) is 4.44. The maximum atomic E-state index is 12.9. The summed E-state index contributed by atoms with van der Waals surface area (Å²) in [5.74, 6) is -1.79. The second-order valence-corrected chi connectivity index (χ2v) is 8.83. The summed E-state index contributed by atoms with van der Waals surface area (Å²) < 4.78 is 11.2. The normalized spacial score (nSPS) is 17.1. The van der Waals surface area contributed by atoms with Crippen molar-refractivity contribution in [2.24, 2.45) is 0 Å². The number of carboxylic acid groups (broad SMARTS) is 2. The van der Waals surface area contributed by atoms with Gasteiger partial charge in [-0.2, -0.15) is 0 Å². The van der Waals surface area contributed by atoms with Crippen molar-refractivity contribution in [1.29, 1.82) is 0 Å². The third kappa shape index (κ3) is 5.49. The predicted octanol–water partition coefficient (Wildman–Crippen LogP) is 4.83. The van der Waals surface area contributed by atoms with E-state index in [-0.39, 0.29) is 19.0 Å². The Morgan fingerprint density at radius 2 is 1.72 bits per heavy atom. The molecule has 0 saturated carbocycles. The average molecular weight is 490 g/mol. The maximum absolute atomic E-state index is 12.9. The van der Waals surface area contributed by atoms with Crippen molar-refractivity contribution in [3.8, 4) is 16.9 Å². The Morgan fingerprint density at radius 3 is 2.42 bits per heavy atom. The molecule has 0 aromatic heterocycles. The van der Waals surface area contributed by atoms with Crippen LogP contribution in [0.3, 0.4) is 0 Å². The summed E-state index contributed by atoms with van der Waals surface area (Å²) in [6.45, 7) is 3.59. The van der Waals surface area contributed by atoms with Crippen molar-refractivity contribution in [3.05, 3.63) is 89.0 Å². The number of nitrogens with zero attached hydrogens (tertiary/aromatic N) is 1. The molecule has 4 rings (SSSR count). The van der Waals surface area contributed by atoms with Crippen LogP contribution in [0.15, 0.2) is 66.7 Å². The molecule has 1 saturated heterocycles. The molecule has 3 aromatic carbocycles. The third-order valence-corrected chi connectivity index (χ3v) is 6.16. The van der Waals surface area contributed by atoms with Gasteiger partial charge >= 0.3 is 18.0 Å². The van der Waals surface area contributed by atoms with E-state index in [1.807, 2.05) is 62.4 Å². The van der Waals surface area contributed by atoms with Crippen LogP contribution in [0.5, 0.6) is 5.75 Å².